The number of carbonyl (C=O) groups excluding carboxylic acids is 1. The summed E-state index contributed by atoms with van der Waals surface area (Å²) in [6.45, 7) is 1.56. The third-order valence-corrected chi connectivity index (χ3v) is 7.48. The normalized spacial score (nSPS) is 17.7. The molecule has 30 heavy (non-hydrogen) atoms. The van der Waals surface area contributed by atoms with Crippen LogP contribution in [0.15, 0.2) is 35.4 Å². The number of carbonyl (C=O) groups is 1. The van der Waals surface area contributed by atoms with Crippen molar-refractivity contribution in [2.45, 2.75) is 36.0 Å². The molecule has 2 aliphatic rings. The standard InChI is InChI=1S/C21H27N3O5S/c1-22-30(26,27)16-12-17(24(2)13-16)20(25)23-14-21(7-3-4-8-21)15-5-6-18-19(11-15)29-10-9-28-18/h5-6,11-13,22H,3-4,7-10,14H2,1-2H3,(H,23,25). The van der Waals surface area contributed by atoms with Gasteiger partial charge in [0.25, 0.3) is 5.91 Å². The Morgan fingerprint density at radius 3 is 2.53 bits per heavy atom. The predicted molar refractivity (Wildman–Crippen MR) is 112 cm³/mol. The molecule has 2 aromatic rings. The molecule has 0 spiro atoms. The monoisotopic (exact) mass is 433 g/mol. The third kappa shape index (κ3) is 3.79. The van der Waals surface area contributed by atoms with E-state index < -0.39 is 10.0 Å². The van der Waals surface area contributed by atoms with Crippen LogP contribution in [0.5, 0.6) is 11.5 Å². The van der Waals surface area contributed by atoms with Crippen molar-refractivity contribution in [2.75, 3.05) is 26.8 Å². The van der Waals surface area contributed by atoms with Crippen LogP contribution in [0.25, 0.3) is 0 Å². The van der Waals surface area contributed by atoms with Crippen LogP contribution in [0, 0.1) is 0 Å². The molecular formula is C21H27N3O5S. The van der Waals surface area contributed by atoms with Gasteiger partial charge in [0.05, 0.1) is 0 Å². The molecule has 1 amide bonds. The van der Waals surface area contributed by atoms with Gasteiger partial charge in [-0.2, -0.15) is 0 Å². The van der Waals surface area contributed by atoms with Gasteiger partial charge < -0.3 is 19.4 Å². The summed E-state index contributed by atoms with van der Waals surface area (Å²) in [6, 6.07) is 7.43. The Bertz CT molecular complexity index is 1050. The van der Waals surface area contributed by atoms with Crippen molar-refractivity contribution in [2.24, 2.45) is 7.05 Å². The van der Waals surface area contributed by atoms with Gasteiger partial charge in [0.15, 0.2) is 11.5 Å². The van der Waals surface area contributed by atoms with Crippen LogP contribution in [-0.2, 0) is 22.5 Å². The van der Waals surface area contributed by atoms with Gasteiger partial charge in [-0.1, -0.05) is 18.9 Å². The fourth-order valence-electron chi connectivity index (χ4n) is 4.36. The highest BCUT2D eigenvalue weighted by atomic mass is 32.2. The SMILES string of the molecule is CNS(=O)(=O)c1cc(C(=O)NCC2(c3ccc4c(c3)OCCO4)CCCC2)n(C)c1. The number of hydrogen-bond acceptors (Lipinski definition) is 5. The number of nitrogens with one attached hydrogen (secondary N) is 2. The molecule has 0 radical (unpaired) electrons. The van der Waals surface area contributed by atoms with Gasteiger partial charge in [0.2, 0.25) is 10.0 Å². The molecule has 2 heterocycles. The number of aryl methyl sites for hydroxylation is 1. The largest absolute Gasteiger partial charge is 0.486 e. The molecule has 8 nitrogen and oxygen atoms in total. The van der Waals surface area contributed by atoms with E-state index in [-0.39, 0.29) is 16.2 Å². The average Bonchev–Trinajstić information content (AvgIpc) is 3.39. The van der Waals surface area contributed by atoms with Crippen LogP contribution in [0.3, 0.4) is 0 Å². The van der Waals surface area contributed by atoms with Gasteiger partial charge in [0, 0.05) is 25.2 Å². The van der Waals surface area contributed by atoms with Gasteiger partial charge in [-0.25, -0.2) is 13.1 Å². The lowest BCUT2D eigenvalue weighted by molar-refractivity contribution is 0.0935. The van der Waals surface area contributed by atoms with E-state index in [1.165, 1.54) is 23.9 Å². The van der Waals surface area contributed by atoms with Crippen LogP contribution >= 0.6 is 0 Å². The minimum atomic E-state index is -3.60. The summed E-state index contributed by atoms with van der Waals surface area (Å²) in [4.78, 5) is 12.9. The van der Waals surface area contributed by atoms with Crippen LogP contribution in [0.1, 0.15) is 41.7 Å². The van der Waals surface area contributed by atoms with Crippen molar-refractivity contribution in [1.29, 1.82) is 0 Å². The van der Waals surface area contributed by atoms with E-state index in [4.69, 9.17) is 9.47 Å². The number of nitrogens with zero attached hydrogens (tertiary/aromatic N) is 1. The number of aromatic nitrogens is 1. The summed E-state index contributed by atoms with van der Waals surface area (Å²) < 4.78 is 39.2. The van der Waals surface area contributed by atoms with Crippen LogP contribution < -0.4 is 19.5 Å². The number of benzene rings is 1. The van der Waals surface area contributed by atoms with Crippen molar-refractivity contribution >= 4 is 15.9 Å². The van der Waals surface area contributed by atoms with Gasteiger partial charge in [-0.3, -0.25) is 4.79 Å². The highest BCUT2D eigenvalue weighted by Crippen LogP contribution is 2.43. The second kappa shape index (κ2) is 7.96. The minimum absolute atomic E-state index is 0.0695. The number of ether oxygens (including phenoxy) is 2. The number of hydrogen-bond donors (Lipinski definition) is 2. The fourth-order valence-corrected chi connectivity index (χ4v) is 5.16. The summed E-state index contributed by atoms with van der Waals surface area (Å²) in [5.74, 6) is 1.21. The summed E-state index contributed by atoms with van der Waals surface area (Å²) in [5, 5.41) is 3.04. The first-order valence-electron chi connectivity index (χ1n) is 10.1. The quantitative estimate of drug-likeness (QED) is 0.726. The van der Waals surface area contributed by atoms with E-state index in [2.05, 4.69) is 16.1 Å². The van der Waals surface area contributed by atoms with Gasteiger partial charge in [0.1, 0.15) is 23.8 Å². The van der Waals surface area contributed by atoms with Crippen molar-refractivity contribution in [3.63, 3.8) is 0 Å². The van der Waals surface area contributed by atoms with Crippen LogP contribution in [0.4, 0.5) is 0 Å². The zero-order valence-corrected chi connectivity index (χ0v) is 18.0. The number of sulfonamides is 1. The maximum absolute atomic E-state index is 12.9. The molecule has 1 aromatic carbocycles. The molecule has 162 valence electrons. The second-order valence-electron chi connectivity index (χ2n) is 7.91. The Morgan fingerprint density at radius 1 is 1.13 bits per heavy atom. The zero-order chi connectivity index (χ0) is 21.4. The summed E-state index contributed by atoms with van der Waals surface area (Å²) in [5.41, 5.74) is 1.27. The zero-order valence-electron chi connectivity index (χ0n) is 17.2. The fraction of sp³-hybridized carbons (Fsp3) is 0.476. The summed E-state index contributed by atoms with van der Waals surface area (Å²) >= 11 is 0. The van der Waals surface area contributed by atoms with Gasteiger partial charge in [-0.05, 0) is 43.7 Å². The highest BCUT2D eigenvalue weighted by molar-refractivity contribution is 7.89. The maximum Gasteiger partial charge on any atom is 0.267 e. The molecule has 0 saturated heterocycles. The van der Waals surface area contributed by atoms with E-state index in [1.54, 1.807) is 7.05 Å². The predicted octanol–water partition coefficient (Wildman–Crippen LogP) is 1.95. The molecule has 1 aliphatic heterocycles. The molecule has 2 N–H and O–H groups in total. The number of amides is 1. The van der Waals surface area contributed by atoms with Crippen molar-refractivity contribution in [3.8, 4) is 11.5 Å². The molecule has 0 bridgehead atoms. The van der Waals surface area contributed by atoms with E-state index in [0.717, 1.165) is 42.7 Å². The smallest absolute Gasteiger partial charge is 0.267 e. The van der Waals surface area contributed by atoms with Gasteiger partial charge in [-0.15, -0.1) is 0 Å². The van der Waals surface area contributed by atoms with E-state index in [9.17, 15) is 13.2 Å². The lowest BCUT2D eigenvalue weighted by Crippen LogP contribution is -2.39. The first kappa shape index (κ1) is 20.7. The molecule has 9 heteroatoms. The molecule has 1 saturated carbocycles. The maximum atomic E-state index is 12.9. The number of fused-ring (bicyclic) bond motifs is 1. The van der Waals surface area contributed by atoms with E-state index in [0.29, 0.717) is 25.5 Å². The highest BCUT2D eigenvalue weighted by Gasteiger charge is 2.37. The molecule has 0 unspecified atom stereocenters. The summed E-state index contributed by atoms with van der Waals surface area (Å²) in [7, 11) is -0.596. The van der Waals surface area contributed by atoms with Gasteiger partial charge >= 0.3 is 0 Å². The lowest BCUT2D eigenvalue weighted by Gasteiger charge is -2.31. The molecule has 4 rings (SSSR count). The number of rotatable bonds is 6. The molecule has 1 fully saturated rings. The summed E-state index contributed by atoms with van der Waals surface area (Å²) in [6.07, 6.45) is 5.57. The Hall–Kier alpha value is -2.52. The Labute approximate surface area is 176 Å². The van der Waals surface area contributed by atoms with E-state index in [1.807, 2.05) is 12.1 Å². The molecule has 0 atom stereocenters. The second-order valence-corrected chi connectivity index (χ2v) is 9.79. The molecule has 1 aromatic heterocycles. The first-order valence-corrected chi connectivity index (χ1v) is 11.6. The Morgan fingerprint density at radius 2 is 1.83 bits per heavy atom. The van der Waals surface area contributed by atoms with Crippen molar-refractivity contribution in [3.05, 3.63) is 41.7 Å². The molecule has 1 aliphatic carbocycles. The van der Waals surface area contributed by atoms with E-state index >= 15 is 0 Å². The first-order chi connectivity index (χ1) is 14.3. The minimum Gasteiger partial charge on any atom is -0.486 e. The van der Waals surface area contributed by atoms with Crippen molar-refractivity contribution < 1.29 is 22.7 Å². The van der Waals surface area contributed by atoms with Crippen LogP contribution in [-0.4, -0.2) is 45.7 Å². The van der Waals surface area contributed by atoms with Crippen LogP contribution in [0.2, 0.25) is 0 Å². The van der Waals surface area contributed by atoms with Crippen molar-refractivity contribution in [1.82, 2.24) is 14.6 Å². The topological polar surface area (TPSA) is 98.7 Å². The Kier molecular flexibility index (Phi) is 5.50. The Balaban J connectivity index is 1.54. The average molecular weight is 434 g/mol. The molecular weight excluding hydrogens is 406 g/mol. The lowest BCUT2D eigenvalue weighted by atomic mass is 9.78. The third-order valence-electron chi connectivity index (χ3n) is 6.09.